The molecule has 0 aliphatic heterocycles. The molecule has 0 fully saturated rings. The number of aromatic nitrogens is 3. The Morgan fingerprint density at radius 3 is 2.93 bits per heavy atom. The van der Waals surface area contributed by atoms with E-state index in [2.05, 4.69) is 15.5 Å². The molecule has 0 unspecified atom stereocenters. The molecule has 1 aromatic rings. The topological polar surface area (TPSA) is 97.1 Å². The lowest BCUT2D eigenvalue weighted by Crippen LogP contribution is -2.31. The first-order chi connectivity index (χ1) is 6.65. The second-order valence-electron chi connectivity index (χ2n) is 2.52. The SMILES string of the molecule is CCn1cnnc1CNC(=O)C(=O)O. The first kappa shape index (κ1) is 10.2. The maximum atomic E-state index is 10.7. The molecular weight excluding hydrogens is 188 g/mol. The number of carbonyl (C=O) groups is 2. The first-order valence-electron chi connectivity index (χ1n) is 4.03. The molecule has 0 bridgehead atoms. The molecule has 0 spiro atoms. The van der Waals surface area contributed by atoms with Gasteiger partial charge in [-0.1, -0.05) is 0 Å². The van der Waals surface area contributed by atoms with Crippen LogP contribution in [0.2, 0.25) is 0 Å². The molecule has 0 atom stereocenters. The van der Waals surface area contributed by atoms with Crippen molar-refractivity contribution in [2.45, 2.75) is 20.0 Å². The van der Waals surface area contributed by atoms with Crippen molar-refractivity contribution in [1.29, 1.82) is 0 Å². The van der Waals surface area contributed by atoms with Crippen molar-refractivity contribution in [1.82, 2.24) is 20.1 Å². The van der Waals surface area contributed by atoms with Crippen LogP contribution in [0.3, 0.4) is 0 Å². The number of carboxylic acids is 1. The molecule has 0 aliphatic rings. The van der Waals surface area contributed by atoms with Gasteiger partial charge in [0.2, 0.25) is 0 Å². The Labute approximate surface area is 79.8 Å². The molecule has 0 saturated heterocycles. The van der Waals surface area contributed by atoms with Gasteiger partial charge in [0.25, 0.3) is 0 Å². The number of nitrogens with one attached hydrogen (secondary N) is 1. The van der Waals surface area contributed by atoms with Gasteiger partial charge in [0.1, 0.15) is 6.33 Å². The summed E-state index contributed by atoms with van der Waals surface area (Å²) in [6, 6.07) is 0. The summed E-state index contributed by atoms with van der Waals surface area (Å²) in [7, 11) is 0. The van der Waals surface area contributed by atoms with Crippen molar-refractivity contribution in [3.05, 3.63) is 12.2 Å². The van der Waals surface area contributed by atoms with Crippen LogP contribution in [0.25, 0.3) is 0 Å². The fourth-order valence-electron chi connectivity index (χ4n) is 0.915. The molecule has 7 heteroatoms. The first-order valence-corrected chi connectivity index (χ1v) is 4.03. The second-order valence-corrected chi connectivity index (χ2v) is 2.52. The van der Waals surface area contributed by atoms with Gasteiger partial charge >= 0.3 is 11.9 Å². The van der Waals surface area contributed by atoms with Crippen LogP contribution < -0.4 is 5.32 Å². The van der Waals surface area contributed by atoms with E-state index in [1.54, 1.807) is 4.57 Å². The number of aliphatic carboxylic acids is 1. The predicted molar refractivity (Wildman–Crippen MR) is 45.2 cm³/mol. The van der Waals surface area contributed by atoms with Crippen LogP contribution in [0.5, 0.6) is 0 Å². The zero-order valence-corrected chi connectivity index (χ0v) is 7.60. The number of nitrogens with zero attached hydrogens (tertiary/aromatic N) is 3. The summed E-state index contributed by atoms with van der Waals surface area (Å²) in [5, 5.41) is 17.8. The van der Waals surface area contributed by atoms with Crippen LogP contribution in [-0.2, 0) is 22.7 Å². The van der Waals surface area contributed by atoms with E-state index in [1.165, 1.54) is 6.33 Å². The van der Waals surface area contributed by atoms with Gasteiger partial charge in [-0.2, -0.15) is 0 Å². The van der Waals surface area contributed by atoms with Crippen LogP contribution in [0.15, 0.2) is 6.33 Å². The van der Waals surface area contributed by atoms with Crippen LogP contribution in [0.4, 0.5) is 0 Å². The maximum Gasteiger partial charge on any atom is 0.394 e. The lowest BCUT2D eigenvalue weighted by Gasteiger charge is -2.02. The highest BCUT2D eigenvalue weighted by atomic mass is 16.4. The Balaban J connectivity index is 2.53. The number of carbonyl (C=O) groups excluding carboxylic acids is 1. The maximum absolute atomic E-state index is 10.7. The number of hydrogen-bond donors (Lipinski definition) is 2. The van der Waals surface area contributed by atoms with Crippen molar-refractivity contribution in [3.63, 3.8) is 0 Å². The molecule has 1 amide bonds. The van der Waals surface area contributed by atoms with Gasteiger partial charge in [-0.15, -0.1) is 10.2 Å². The summed E-state index contributed by atoms with van der Waals surface area (Å²) in [6.45, 7) is 2.64. The summed E-state index contributed by atoms with van der Waals surface area (Å²) >= 11 is 0. The molecule has 0 aromatic carbocycles. The highest BCUT2D eigenvalue weighted by Gasteiger charge is 2.11. The van der Waals surface area contributed by atoms with Gasteiger partial charge in [-0.25, -0.2) is 4.79 Å². The summed E-state index contributed by atoms with van der Waals surface area (Å²) in [4.78, 5) is 20.8. The quantitative estimate of drug-likeness (QED) is 0.607. The molecule has 1 heterocycles. The average Bonchev–Trinajstić information content (AvgIpc) is 2.60. The summed E-state index contributed by atoms with van der Waals surface area (Å²) < 4.78 is 1.71. The van der Waals surface area contributed by atoms with E-state index in [4.69, 9.17) is 5.11 Å². The van der Waals surface area contributed by atoms with E-state index in [0.29, 0.717) is 12.4 Å². The summed E-state index contributed by atoms with van der Waals surface area (Å²) in [5.74, 6) is -2.02. The third kappa shape index (κ3) is 2.28. The minimum Gasteiger partial charge on any atom is -0.474 e. The number of carboxylic acid groups (broad SMARTS) is 1. The number of hydrogen-bond acceptors (Lipinski definition) is 4. The fourth-order valence-corrected chi connectivity index (χ4v) is 0.915. The summed E-state index contributed by atoms with van der Waals surface area (Å²) in [5.41, 5.74) is 0. The van der Waals surface area contributed by atoms with E-state index in [-0.39, 0.29) is 6.54 Å². The summed E-state index contributed by atoms with van der Waals surface area (Å²) in [6.07, 6.45) is 1.52. The smallest absolute Gasteiger partial charge is 0.394 e. The average molecular weight is 198 g/mol. The van der Waals surface area contributed by atoms with Crippen molar-refractivity contribution in [2.75, 3.05) is 0 Å². The van der Waals surface area contributed by atoms with Crippen LogP contribution in [0.1, 0.15) is 12.7 Å². The molecule has 76 valence electrons. The van der Waals surface area contributed by atoms with E-state index in [1.807, 2.05) is 6.92 Å². The number of rotatable bonds is 3. The predicted octanol–water partition coefficient (Wildman–Crippen LogP) is -1.00. The lowest BCUT2D eigenvalue weighted by atomic mass is 10.5. The zero-order valence-electron chi connectivity index (χ0n) is 7.60. The number of aryl methyl sites for hydroxylation is 1. The highest BCUT2D eigenvalue weighted by Crippen LogP contribution is 1.93. The molecular formula is C7H10N4O3. The lowest BCUT2D eigenvalue weighted by molar-refractivity contribution is -0.150. The van der Waals surface area contributed by atoms with Gasteiger partial charge in [-0.05, 0) is 6.92 Å². The van der Waals surface area contributed by atoms with Gasteiger partial charge in [0, 0.05) is 6.54 Å². The molecule has 0 aliphatic carbocycles. The minimum absolute atomic E-state index is 0.0684. The van der Waals surface area contributed by atoms with Crippen LogP contribution in [0, 0.1) is 0 Å². The Hall–Kier alpha value is -1.92. The molecule has 7 nitrogen and oxygen atoms in total. The second kappa shape index (κ2) is 4.35. The van der Waals surface area contributed by atoms with Gasteiger partial charge in [0.15, 0.2) is 5.82 Å². The van der Waals surface area contributed by atoms with Gasteiger partial charge < -0.3 is 15.0 Å². The Kier molecular flexibility index (Phi) is 3.16. The van der Waals surface area contributed by atoms with E-state index < -0.39 is 11.9 Å². The number of amides is 1. The zero-order chi connectivity index (χ0) is 10.6. The molecule has 0 saturated carbocycles. The Morgan fingerprint density at radius 2 is 2.36 bits per heavy atom. The van der Waals surface area contributed by atoms with E-state index >= 15 is 0 Å². The highest BCUT2D eigenvalue weighted by molar-refractivity contribution is 6.31. The van der Waals surface area contributed by atoms with Gasteiger partial charge in [-0.3, -0.25) is 4.79 Å². The van der Waals surface area contributed by atoms with Gasteiger partial charge in [0.05, 0.1) is 6.54 Å². The van der Waals surface area contributed by atoms with Crippen molar-refractivity contribution in [2.24, 2.45) is 0 Å². The van der Waals surface area contributed by atoms with Crippen LogP contribution >= 0.6 is 0 Å². The van der Waals surface area contributed by atoms with Crippen molar-refractivity contribution < 1.29 is 14.7 Å². The molecule has 0 radical (unpaired) electrons. The largest absolute Gasteiger partial charge is 0.474 e. The van der Waals surface area contributed by atoms with Crippen LogP contribution in [-0.4, -0.2) is 31.7 Å². The third-order valence-electron chi connectivity index (χ3n) is 1.64. The Morgan fingerprint density at radius 1 is 1.64 bits per heavy atom. The minimum atomic E-state index is -1.51. The van der Waals surface area contributed by atoms with E-state index in [0.717, 1.165) is 0 Å². The van der Waals surface area contributed by atoms with E-state index in [9.17, 15) is 9.59 Å². The molecule has 14 heavy (non-hydrogen) atoms. The fraction of sp³-hybridized carbons (Fsp3) is 0.429. The monoisotopic (exact) mass is 198 g/mol. The van der Waals surface area contributed by atoms with Crippen molar-refractivity contribution in [3.8, 4) is 0 Å². The Bertz CT molecular complexity index is 346. The third-order valence-corrected chi connectivity index (χ3v) is 1.64. The van der Waals surface area contributed by atoms with Crippen molar-refractivity contribution >= 4 is 11.9 Å². The molecule has 1 aromatic heterocycles. The molecule has 2 N–H and O–H groups in total. The standard InChI is InChI=1S/C7H10N4O3/c1-2-11-4-9-10-5(11)3-8-6(12)7(13)14/h4H,2-3H2,1H3,(H,8,12)(H,13,14). The normalized spacial score (nSPS) is 9.79. The molecule has 1 rings (SSSR count).